The Morgan fingerprint density at radius 3 is 0.588 bits per heavy atom. The Balaban J connectivity index is 0.000000437. The average Bonchev–Trinajstić information content (AvgIpc) is 2.15. The molecule has 17 heavy (non-hydrogen) atoms. The predicted octanol–water partition coefficient (Wildman–Crippen LogP) is 3.75. The molecule has 0 unspecified atom stereocenters. The molecule has 3 N–H and O–H groups in total. The molecule has 0 bridgehead atoms. The van der Waals surface area contributed by atoms with Crippen LogP contribution in [0, 0.1) is 0 Å². The first-order chi connectivity index (χ1) is 8.00. The van der Waals surface area contributed by atoms with E-state index in [1.54, 1.807) is 0 Å². The van der Waals surface area contributed by atoms with E-state index in [-0.39, 0.29) is 0 Å². The summed E-state index contributed by atoms with van der Waals surface area (Å²) in [5, 5.41) is 0. The fourth-order valence-electron chi connectivity index (χ4n) is 2.12. The van der Waals surface area contributed by atoms with E-state index in [2.05, 4.69) is 0 Å². The zero-order valence-corrected chi connectivity index (χ0v) is 11.6. The van der Waals surface area contributed by atoms with Crippen molar-refractivity contribution in [3.63, 3.8) is 0 Å². The summed E-state index contributed by atoms with van der Waals surface area (Å²) < 4.78 is 8.88. The van der Waals surface area contributed by atoms with Crippen molar-refractivity contribution in [3.8, 4) is 0 Å². The third kappa shape index (κ3) is 21.9. The van der Waals surface area contributed by atoms with Gasteiger partial charge in [0.25, 0.3) is 0 Å². The SMILES string of the molecule is C1CCCCCCCCCCC1.O=P(O)(O)O. The third-order valence-corrected chi connectivity index (χ3v) is 3.00. The van der Waals surface area contributed by atoms with Gasteiger partial charge >= 0.3 is 7.82 Å². The summed E-state index contributed by atoms with van der Waals surface area (Å²) in [6, 6.07) is 0. The Bertz CT molecular complexity index is 151. The summed E-state index contributed by atoms with van der Waals surface area (Å²) >= 11 is 0. The molecule has 5 heteroatoms. The third-order valence-electron chi connectivity index (χ3n) is 3.00. The molecule has 0 radical (unpaired) electrons. The van der Waals surface area contributed by atoms with Gasteiger partial charge in [0, 0.05) is 0 Å². The van der Waals surface area contributed by atoms with Gasteiger partial charge in [-0.2, -0.15) is 0 Å². The predicted molar refractivity (Wildman–Crippen MR) is 69.7 cm³/mol. The second-order valence-electron chi connectivity index (χ2n) is 4.76. The molecule has 0 atom stereocenters. The first-order valence-electron chi connectivity index (χ1n) is 6.78. The van der Waals surface area contributed by atoms with Gasteiger partial charge in [-0.3, -0.25) is 0 Å². The van der Waals surface area contributed by atoms with Crippen LogP contribution in [0.4, 0.5) is 0 Å². The lowest BCUT2D eigenvalue weighted by atomic mass is 10.0. The second-order valence-corrected chi connectivity index (χ2v) is 5.78. The fourth-order valence-corrected chi connectivity index (χ4v) is 2.12. The van der Waals surface area contributed by atoms with Crippen LogP contribution in [0.2, 0.25) is 0 Å². The van der Waals surface area contributed by atoms with Gasteiger partial charge in [0.05, 0.1) is 0 Å². The van der Waals surface area contributed by atoms with Crippen molar-refractivity contribution in [1.29, 1.82) is 0 Å². The van der Waals surface area contributed by atoms with E-state index >= 15 is 0 Å². The highest BCUT2D eigenvalue weighted by atomic mass is 31.2. The summed E-state index contributed by atoms with van der Waals surface area (Å²) in [6.07, 6.45) is 18.0. The molecule has 0 aromatic heterocycles. The molecule has 0 aliphatic heterocycles. The maximum atomic E-state index is 8.88. The van der Waals surface area contributed by atoms with Gasteiger partial charge in [-0.25, -0.2) is 4.57 Å². The minimum atomic E-state index is -4.64. The normalized spacial score (nSPS) is 20.4. The Morgan fingerprint density at radius 2 is 0.529 bits per heavy atom. The highest BCUT2D eigenvalue weighted by Crippen LogP contribution is 2.25. The molecule has 104 valence electrons. The van der Waals surface area contributed by atoms with Crippen LogP contribution in [0.5, 0.6) is 0 Å². The molecule has 0 aromatic carbocycles. The number of hydrogen-bond donors (Lipinski definition) is 3. The summed E-state index contributed by atoms with van der Waals surface area (Å²) in [4.78, 5) is 21.6. The molecule has 0 spiro atoms. The molecule has 0 amide bonds. The van der Waals surface area contributed by atoms with Crippen molar-refractivity contribution >= 4 is 7.82 Å². The van der Waals surface area contributed by atoms with Crippen LogP contribution in [-0.4, -0.2) is 14.7 Å². The molecular formula is C12H27O4P. The average molecular weight is 266 g/mol. The number of rotatable bonds is 0. The fraction of sp³-hybridized carbons (Fsp3) is 1.00. The first kappa shape index (κ1) is 17.1. The smallest absolute Gasteiger partial charge is 0.303 e. The van der Waals surface area contributed by atoms with Crippen molar-refractivity contribution in [2.45, 2.75) is 77.0 Å². The molecular weight excluding hydrogens is 239 g/mol. The van der Waals surface area contributed by atoms with Crippen molar-refractivity contribution < 1.29 is 19.2 Å². The molecule has 1 rings (SSSR count). The van der Waals surface area contributed by atoms with Crippen molar-refractivity contribution in [1.82, 2.24) is 0 Å². The molecule has 1 aliphatic rings. The van der Waals surface area contributed by atoms with Gasteiger partial charge in [0.2, 0.25) is 0 Å². The van der Waals surface area contributed by atoms with Crippen LogP contribution >= 0.6 is 7.82 Å². The lowest BCUT2D eigenvalue weighted by Crippen LogP contribution is -1.85. The summed E-state index contributed by atoms with van der Waals surface area (Å²) in [6.45, 7) is 0. The number of hydrogen-bond acceptors (Lipinski definition) is 1. The zero-order valence-electron chi connectivity index (χ0n) is 10.7. The summed E-state index contributed by atoms with van der Waals surface area (Å²) in [7, 11) is -4.64. The summed E-state index contributed by atoms with van der Waals surface area (Å²) in [5.41, 5.74) is 0. The van der Waals surface area contributed by atoms with E-state index in [0.717, 1.165) is 0 Å². The molecule has 1 fully saturated rings. The standard InChI is InChI=1S/C12H24.H3O4P/c1-2-4-6-8-10-12-11-9-7-5-3-1;1-5(2,3)4/h1-12H2;(H3,1,2,3,4). The van der Waals surface area contributed by atoms with Crippen molar-refractivity contribution in [2.75, 3.05) is 0 Å². The highest BCUT2D eigenvalue weighted by Gasteiger charge is 2.00. The topological polar surface area (TPSA) is 77.8 Å². The molecule has 4 nitrogen and oxygen atoms in total. The highest BCUT2D eigenvalue weighted by molar-refractivity contribution is 7.45. The zero-order chi connectivity index (χ0) is 13.0. The Morgan fingerprint density at radius 1 is 0.471 bits per heavy atom. The second kappa shape index (κ2) is 11.2. The van der Waals surface area contributed by atoms with Gasteiger partial charge in [0.1, 0.15) is 0 Å². The maximum Gasteiger partial charge on any atom is 0.466 e. The van der Waals surface area contributed by atoms with E-state index in [4.69, 9.17) is 19.2 Å². The molecule has 1 saturated carbocycles. The van der Waals surface area contributed by atoms with E-state index in [1.165, 1.54) is 77.0 Å². The first-order valence-corrected chi connectivity index (χ1v) is 8.35. The molecule has 1 aliphatic carbocycles. The van der Waals surface area contributed by atoms with E-state index in [9.17, 15) is 0 Å². The Kier molecular flexibility index (Phi) is 11.3. The Hall–Kier alpha value is 0.110. The van der Waals surface area contributed by atoms with Crippen LogP contribution in [-0.2, 0) is 4.57 Å². The monoisotopic (exact) mass is 266 g/mol. The van der Waals surface area contributed by atoms with Gasteiger partial charge < -0.3 is 14.7 Å². The van der Waals surface area contributed by atoms with Gasteiger partial charge in [0.15, 0.2) is 0 Å². The van der Waals surface area contributed by atoms with Crippen LogP contribution in [0.1, 0.15) is 77.0 Å². The van der Waals surface area contributed by atoms with Gasteiger partial charge in [-0.05, 0) is 0 Å². The van der Waals surface area contributed by atoms with E-state index < -0.39 is 7.82 Å². The van der Waals surface area contributed by atoms with Crippen LogP contribution in [0.25, 0.3) is 0 Å². The minimum Gasteiger partial charge on any atom is -0.303 e. The van der Waals surface area contributed by atoms with Gasteiger partial charge in [-0.15, -0.1) is 0 Å². The van der Waals surface area contributed by atoms with E-state index in [0.29, 0.717) is 0 Å². The molecule has 0 aromatic rings. The minimum absolute atomic E-state index is 1.50. The lowest BCUT2D eigenvalue weighted by Gasteiger charge is -2.05. The largest absolute Gasteiger partial charge is 0.466 e. The van der Waals surface area contributed by atoms with E-state index in [1.807, 2.05) is 0 Å². The molecule has 0 saturated heterocycles. The van der Waals surface area contributed by atoms with Crippen LogP contribution in [0.3, 0.4) is 0 Å². The van der Waals surface area contributed by atoms with Crippen LogP contribution < -0.4 is 0 Å². The molecule has 0 heterocycles. The maximum absolute atomic E-state index is 8.88. The lowest BCUT2D eigenvalue weighted by molar-refractivity contribution is 0.275. The Labute approximate surface area is 105 Å². The van der Waals surface area contributed by atoms with Crippen LogP contribution in [0.15, 0.2) is 0 Å². The van der Waals surface area contributed by atoms with Crippen molar-refractivity contribution in [3.05, 3.63) is 0 Å². The number of phosphoric acid groups is 1. The van der Waals surface area contributed by atoms with Crippen molar-refractivity contribution in [2.24, 2.45) is 0 Å². The summed E-state index contributed by atoms with van der Waals surface area (Å²) in [5.74, 6) is 0. The quantitative estimate of drug-likeness (QED) is 0.583. The van der Waals surface area contributed by atoms with Gasteiger partial charge in [-0.1, -0.05) is 77.0 Å².